The predicted molar refractivity (Wildman–Crippen MR) is 121 cm³/mol. The van der Waals surface area contributed by atoms with E-state index in [4.69, 9.17) is 4.74 Å². The summed E-state index contributed by atoms with van der Waals surface area (Å²) in [7, 11) is 0. The number of hydrogen-bond donors (Lipinski definition) is 0. The van der Waals surface area contributed by atoms with Crippen LogP contribution in [0.25, 0.3) is 16.9 Å². The molecule has 0 unspecified atom stereocenters. The molecule has 0 saturated carbocycles. The van der Waals surface area contributed by atoms with Crippen LogP contribution < -0.4 is 9.68 Å². The van der Waals surface area contributed by atoms with Gasteiger partial charge in [0.1, 0.15) is 6.10 Å². The second kappa shape index (κ2) is 10.8. The molecular weight excluding hydrogens is 433 g/mol. The lowest BCUT2D eigenvalue weighted by atomic mass is 10.1. The van der Waals surface area contributed by atoms with Crippen molar-refractivity contribution in [2.75, 3.05) is 13.1 Å². The number of hydrogen-bond acceptors (Lipinski definition) is 5. The summed E-state index contributed by atoms with van der Waals surface area (Å²) in [5.74, 6) is 0.702. The van der Waals surface area contributed by atoms with Crippen molar-refractivity contribution >= 4 is 5.65 Å². The Morgan fingerprint density at radius 2 is 1.73 bits per heavy atom. The predicted octanol–water partition coefficient (Wildman–Crippen LogP) is 5.01. The number of halogens is 3. The number of benzene rings is 2. The van der Waals surface area contributed by atoms with Crippen LogP contribution in [-0.4, -0.2) is 38.7 Å². The Balaban J connectivity index is 0.00000153. The third-order valence-electron chi connectivity index (χ3n) is 5.63. The lowest BCUT2D eigenvalue weighted by Gasteiger charge is -2.31. The van der Waals surface area contributed by atoms with Gasteiger partial charge in [-0.2, -0.15) is 0 Å². The Morgan fingerprint density at radius 1 is 0.939 bits per heavy atom. The van der Waals surface area contributed by atoms with Crippen LogP contribution in [-0.2, 0) is 6.54 Å². The third kappa shape index (κ3) is 5.43. The molecule has 4 aromatic rings. The zero-order valence-electron chi connectivity index (χ0n) is 17.8. The number of aromatic nitrogens is 3. The smallest absolute Gasteiger partial charge is 0.232 e. The first-order chi connectivity index (χ1) is 15.3. The first-order valence-electron chi connectivity index (χ1n) is 10.5. The minimum Gasteiger partial charge on any atom is -0.473 e. The molecule has 9 heteroatoms. The maximum atomic E-state index is 12.6. The fraction of sp³-hybridized carbons (Fsp3) is 0.250. The SMILES string of the molecule is F.F.FOc1cccc(-c2cnc3ccc(OC4CCN(Cc5ccccc5)CC4)nn23)c1. The lowest BCUT2D eigenvalue weighted by molar-refractivity contribution is -0.00614. The molecule has 5 rings (SSSR count). The van der Waals surface area contributed by atoms with Gasteiger partial charge in [0.05, 0.1) is 11.9 Å². The van der Waals surface area contributed by atoms with Gasteiger partial charge in [0.15, 0.2) is 11.4 Å². The fourth-order valence-corrected chi connectivity index (χ4v) is 4.02. The van der Waals surface area contributed by atoms with Crippen LogP contribution in [0.3, 0.4) is 0 Å². The van der Waals surface area contributed by atoms with Crippen molar-refractivity contribution in [2.45, 2.75) is 25.5 Å². The van der Waals surface area contributed by atoms with E-state index in [0.29, 0.717) is 11.5 Å². The van der Waals surface area contributed by atoms with Gasteiger partial charge in [-0.1, -0.05) is 42.5 Å². The zero-order chi connectivity index (χ0) is 21.0. The van der Waals surface area contributed by atoms with E-state index in [1.165, 1.54) is 5.56 Å². The first-order valence-corrected chi connectivity index (χ1v) is 10.5. The Kier molecular flexibility index (Phi) is 7.89. The Labute approximate surface area is 189 Å². The van der Waals surface area contributed by atoms with Gasteiger partial charge in [0, 0.05) is 35.8 Å². The van der Waals surface area contributed by atoms with Crippen molar-refractivity contribution < 1.29 is 23.6 Å². The molecular formula is C24H25F3N4O2. The highest BCUT2D eigenvalue weighted by molar-refractivity contribution is 5.64. The molecule has 1 aliphatic heterocycles. The van der Waals surface area contributed by atoms with Crippen LogP contribution in [0.1, 0.15) is 18.4 Å². The number of rotatable bonds is 6. The van der Waals surface area contributed by atoms with Gasteiger partial charge in [0.25, 0.3) is 0 Å². The van der Waals surface area contributed by atoms with Crippen molar-refractivity contribution in [1.82, 2.24) is 19.5 Å². The molecule has 0 atom stereocenters. The van der Waals surface area contributed by atoms with Gasteiger partial charge >= 0.3 is 0 Å². The number of likely N-dealkylation sites (tertiary alicyclic amines) is 1. The van der Waals surface area contributed by atoms with Gasteiger partial charge in [0.2, 0.25) is 5.88 Å². The summed E-state index contributed by atoms with van der Waals surface area (Å²) in [5.41, 5.74) is 3.55. The van der Waals surface area contributed by atoms with Gasteiger partial charge < -0.3 is 4.74 Å². The molecule has 0 aliphatic carbocycles. The summed E-state index contributed by atoms with van der Waals surface area (Å²) >= 11 is 0. The molecule has 174 valence electrons. The van der Waals surface area contributed by atoms with Gasteiger partial charge in [-0.3, -0.25) is 19.3 Å². The summed E-state index contributed by atoms with van der Waals surface area (Å²) in [6, 6.07) is 21.0. The summed E-state index contributed by atoms with van der Waals surface area (Å²) < 4.78 is 20.5. The quantitative estimate of drug-likeness (QED) is 0.407. The van der Waals surface area contributed by atoms with E-state index in [9.17, 15) is 4.53 Å². The molecule has 6 nitrogen and oxygen atoms in total. The van der Waals surface area contributed by atoms with E-state index < -0.39 is 0 Å². The average molecular weight is 458 g/mol. The zero-order valence-corrected chi connectivity index (χ0v) is 17.8. The van der Waals surface area contributed by atoms with Crippen LogP contribution in [0, 0.1) is 0 Å². The van der Waals surface area contributed by atoms with Crippen LogP contribution in [0.15, 0.2) is 72.9 Å². The van der Waals surface area contributed by atoms with Crippen LogP contribution >= 0.6 is 0 Å². The van der Waals surface area contributed by atoms with Crippen molar-refractivity contribution in [3.05, 3.63) is 78.5 Å². The third-order valence-corrected chi connectivity index (χ3v) is 5.63. The van der Waals surface area contributed by atoms with Crippen LogP contribution in [0.2, 0.25) is 0 Å². The van der Waals surface area contributed by atoms with Crippen molar-refractivity contribution in [3.63, 3.8) is 0 Å². The molecule has 3 heterocycles. The molecule has 0 N–H and O–H groups in total. The largest absolute Gasteiger partial charge is 0.473 e. The second-order valence-corrected chi connectivity index (χ2v) is 7.77. The summed E-state index contributed by atoms with van der Waals surface area (Å²) in [4.78, 5) is 10.7. The van der Waals surface area contributed by atoms with E-state index in [1.54, 1.807) is 28.9 Å². The van der Waals surface area contributed by atoms with E-state index >= 15 is 0 Å². The molecule has 0 bridgehead atoms. The number of fused-ring (bicyclic) bond motifs is 1. The van der Waals surface area contributed by atoms with Gasteiger partial charge in [-0.15, -0.1) is 5.10 Å². The standard InChI is InChI=1S/C24H23FN4O2.2FH/c25-31-21-8-4-7-19(15-21)22-16-26-23-9-10-24(27-29(22)23)30-20-11-13-28(14-12-20)17-18-5-2-1-3-6-18;;/h1-10,15-16,20H,11-14,17H2;2*1H. The number of ether oxygens (including phenoxy) is 1. The van der Waals surface area contributed by atoms with Crippen LogP contribution in [0.4, 0.5) is 13.9 Å². The maximum absolute atomic E-state index is 12.6. The molecule has 1 fully saturated rings. The molecule has 1 saturated heterocycles. The highest BCUT2D eigenvalue weighted by Crippen LogP contribution is 2.26. The van der Waals surface area contributed by atoms with E-state index in [1.807, 2.05) is 24.3 Å². The topological polar surface area (TPSA) is 51.9 Å². The monoisotopic (exact) mass is 458 g/mol. The second-order valence-electron chi connectivity index (χ2n) is 7.77. The Bertz CT molecular complexity index is 1160. The molecule has 0 amide bonds. The Hall–Kier alpha value is -3.59. The fourth-order valence-electron chi connectivity index (χ4n) is 4.02. The lowest BCUT2D eigenvalue weighted by Crippen LogP contribution is -2.37. The summed E-state index contributed by atoms with van der Waals surface area (Å²) in [6.07, 6.45) is 3.76. The van der Waals surface area contributed by atoms with Crippen molar-refractivity contribution in [3.8, 4) is 22.9 Å². The van der Waals surface area contributed by atoms with Crippen molar-refractivity contribution in [1.29, 1.82) is 0 Å². The average Bonchev–Trinajstić information content (AvgIpc) is 3.24. The molecule has 2 aromatic heterocycles. The molecule has 33 heavy (non-hydrogen) atoms. The van der Waals surface area contributed by atoms with Gasteiger partial charge in [-0.25, -0.2) is 9.50 Å². The molecule has 0 spiro atoms. The highest BCUT2D eigenvalue weighted by atomic mass is 19.3. The van der Waals surface area contributed by atoms with Crippen molar-refractivity contribution in [2.24, 2.45) is 0 Å². The van der Waals surface area contributed by atoms with E-state index in [-0.39, 0.29) is 21.3 Å². The number of nitrogens with zero attached hydrogens (tertiary/aromatic N) is 4. The number of imidazole rings is 1. The van der Waals surface area contributed by atoms with E-state index in [0.717, 1.165) is 43.7 Å². The minimum absolute atomic E-state index is 0. The maximum Gasteiger partial charge on any atom is 0.232 e. The van der Waals surface area contributed by atoms with E-state index in [2.05, 4.69) is 44.2 Å². The molecule has 1 aliphatic rings. The van der Waals surface area contributed by atoms with Crippen LogP contribution in [0.5, 0.6) is 11.6 Å². The number of piperidine rings is 1. The Morgan fingerprint density at radius 3 is 2.48 bits per heavy atom. The summed E-state index contributed by atoms with van der Waals surface area (Å²) in [5, 5.41) is 4.63. The highest BCUT2D eigenvalue weighted by Gasteiger charge is 2.21. The first kappa shape index (κ1) is 24.1. The van der Waals surface area contributed by atoms with Gasteiger partial charge in [-0.05, 0) is 36.6 Å². The summed E-state index contributed by atoms with van der Waals surface area (Å²) in [6.45, 7) is 2.96. The minimum atomic E-state index is 0. The molecule has 2 aromatic carbocycles. The molecule has 0 radical (unpaired) electrons. The normalized spacial score (nSPS) is 14.3.